The van der Waals surface area contributed by atoms with Gasteiger partial charge in [0.2, 0.25) is 11.9 Å². The van der Waals surface area contributed by atoms with Crippen molar-refractivity contribution in [2.45, 2.75) is 50.3 Å². The largest absolute Gasteiger partial charge is 0.493 e. The van der Waals surface area contributed by atoms with Crippen molar-refractivity contribution in [3.8, 4) is 5.75 Å². The molecule has 12 heteroatoms. The number of para-hydroxylation sites is 2. The van der Waals surface area contributed by atoms with Gasteiger partial charge < -0.3 is 40.7 Å². The molecule has 6 N–H and O–H groups in total. The van der Waals surface area contributed by atoms with Gasteiger partial charge in [0.15, 0.2) is 6.23 Å². The van der Waals surface area contributed by atoms with Crippen LogP contribution in [-0.2, 0) is 16.1 Å². The van der Waals surface area contributed by atoms with E-state index in [1.807, 2.05) is 30.3 Å². The SMILES string of the molecule is NC(=O)C1CCN(CCCOc2ccc3cc(CNc4nc5ccccc5n4[C@@H]4O[C@H](CO)[C@@H](O)[C@H]4O)sc3c2)CC1. The first kappa shape index (κ1) is 28.8. The Balaban J connectivity index is 1.08. The summed E-state index contributed by atoms with van der Waals surface area (Å²) in [6.45, 7) is 3.48. The number of likely N-dealkylation sites (tertiary alicyclic amines) is 1. The number of hydrogen-bond donors (Lipinski definition) is 5. The van der Waals surface area contributed by atoms with Crippen molar-refractivity contribution in [1.29, 1.82) is 0 Å². The van der Waals surface area contributed by atoms with Gasteiger partial charge in [0.1, 0.15) is 24.1 Å². The number of fused-ring (bicyclic) bond motifs is 2. The van der Waals surface area contributed by atoms with Crippen LogP contribution in [0.3, 0.4) is 0 Å². The number of piperidine rings is 1. The third kappa shape index (κ3) is 5.96. The summed E-state index contributed by atoms with van der Waals surface area (Å²) in [6, 6.07) is 15.8. The van der Waals surface area contributed by atoms with E-state index in [1.54, 1.807) is 15.9 Å². The highest BCUT2D eigenvalue weighted by Crippen LogP contribution is 2.36. The molecule has 0 saturated carbocycles. The standard InChI is InChI=1S/C30H37N5O6S/c31-28(39)18-8-11-34(12-9-18)10-3-13-40-20-7-6-19-14-21(42-25(19)15-20)16-32-30-33-22-4-1-2-5-23(22)35(30)29-27(38)26(37)24(17-36)41-29/h1-2,4-7,14-15,18,24,26-27,29,36-38H,3,8-13,16-17H2,(H2,31,39)(H,32,33)/t24-,26-,27-,29-/m1/s1. The normalized spacial score (nSPS) is 23.6. The molecule has 2 aromatic heterocycles. The molecule has 2 fully saturated rings. The zero-order chi connectivity index (χ0) is 29.2. The Kier molecular flexibility index (Phi) is 8.61. The van der Waals surface area contributed by atoms with Gasteiger partial charge in [-0.3, -0.25) is 9.36 Å². The summed E-state index contributed by atoms with van der Waals surface area (Å²) in [5.74, 6) is 1.17. The van der Waals surface area contributed by atoms with Gasteiger partial charge in [-0.1, -0.05) is 12.1 Å². The van der Waals surface area contributed by atoms with Crippen molar-refractivity contribution in [2.75, 3.05) is 38.2 Å². The van der Waals surface area contributed by atoms with Gasteiger partial charge in [-0.2, -0.15) is 0 Å². The average Bonchev–Trinajstić information content (AvgIpc) is 3.66. The third-order valence-electron chi connectivity index (χ3n) is 8.21. The van der Waals surface area contributed by atoms with Crippen LogP contribution in [0.25, 0.3) is 21.1 Å². The molecule has 6 rings (SSSR count). The number of nitrogens with zero attached hydrogens (tertiary/aromatic N) is 3. The van der Waals surface area contributed by atoms with E-state index in [9.17, 15) is 20.1 Å². The van der Waals surface area contributed by atoms with Gasteiger partial charge in [-0.05, 0) is 74.1 Å². The van der Waals surface area contributed by atoms with E-state index in [4.69, 9.17) is 20.2 Å². The van der Waals surface area contributed by atoms with Gasteiger partial charge >= 0.3 is 0 Å². The van der Waals surface area contributed by atoms with Gasteiger partial charge in [0.05, 0.1) is 30.8 Å². The zero-order valence-corrected chi connectivity index (χ0v) is 24.1. The first-order valence-corrected chi connectivity index (χ1v) is 15.2. The van der Waals surface area contributed by atoms with Gasteiger partial charge in [0.25, 0.3) is 0 Å². The number of nitrogens with one attached hydrogen (secondary N) is 1. The maximum atomic E-state index is 11.4. The number of hydrogen-bond acceptors (Lipinski definition) is 10. The van der Waals surface area contributed by atoms with Crippen LogP contribution >= 0.6 is 11.3 Å². The number of carbonyl (C=O) groups is 1. The molecule has 4 atom stereocenters. The van der Waals surface area contributed by atoms with Crippen LogP contribution in [0.2, 0.25) is 0 Å². The molecule has 0 aliphatic carbocycles. The summed E-state index contributed by atoms with van der Waals surface area (Å²) >= 11 is 1.67. The second-order valence-electron chi connectivity index (χ2n) is 11.0. The van der Waals surface area contributed by atoms with Gasteiger partial charge in [0, 0.05) is 22.0 Å². The molecule has 2 saturated heterocycles. The van der Waals surface area contributed by atoms with Crippen molar-refractivity contribution < 1.29 is 29.6 Å². The molecule has 224 valence electrons. The molecule has 11 nitrogen and oxygen atoms in total. The van der Waals surface area contributed by atoms with Crippen LogP contribution in [0.5, 0.6) is 5.75 Å². The smallest absolute Gasteiger partial charge is 0.220 e. The number of amides is 1. The number of nitrogens with two attached hydrogens (primary N) is 1. The second kappa shape index (κ2) is 12.5. The monoisotopic (exact) mass is 595 g/mol. The van der Waals surface area contributed by atoms with Crippen LogP contribution in [0.4, 0.5) is 5.95 Å². The zero-order valence-electron chi connectivity index (χ0n) is 23.3. The molecule has 2 aliphatic rings. The number of imidazole rings is 1. The lowest BCUT2D eigenvalue weighted by molar-refractivity contribution is -0.123. The van der Waals surface area contributed by atoms with E-state index < -0.39 is 31.1 Å². The Morgan fingerprint density at radius 2 is 1.95 bits per heavy atom. The third-order valence-corrected chi connectivity index (χ3v) is 9.31. The summed E-state index contributed by atoms with van der Waals surface area (Å²) in [6.07, 6.45) is -1.59. The Morgan fingerprint density at radius 1 is 1.14 bits per heavy atom. The molecule has 4 heterocycles. The predicted octanol–water partition coefficient (Wildman–Crippen LogP) is 2.44. The molecular weight excluding hydrogens is 558 g/mol. The maximum Gasteiger partial charge on any atom is 0.220 e. The number of aliphatic hydroxyl groups is 3. The van der Waals surface area contributed by atoms with Crippen molar-refractivity contribution >= 4 is 44.3 Å². The first-order valence-electron chi connectivity index (χ1n) is 14.4. The van der Waals surface area contributed by atoms with Crippen LogP contribution in [-0.4, -0.2) is 86.8 Å². The lowest BCUT2D eigenvalue weighted by atomic mass is 9.96. The molecule has 2 aliphatic heterocycles. The summed E-state index contributed by atoms with van der Waals surface area (Å²) in [5, 5.41) is 35.1. The number of aromatic nitrogens is 2. The number of rotatable bonds is 11. The van der Waals surface area contributed by atoms with Crippen LogP contribution in [0, 0.1) is 5.92 Å². The van der Waals surface area contributed by atoms with E-state index in [0.29, 0.717) is 19.1 Å². The van der Waals surface area contributed by atoms with Gasteiger partial charge in [-0.25, -0.2) is 4.98 Å². The number of ether oxygens (including phenoxy) is 2. The van der Waals surface area contributed by atoms with E-state index >= 15 is 0 Å². The molecule has 0 unspecified atom stereocenters. The molecule has 4 aromatic rings. The van der Waals surface area contributed by atoms with E-state index in [1.165, 1.54) is 0 Å². The minimum absolute atomic E-state index is 0.0133. The number of benzene rings is 2. The number of aliphatic hydroxyl groups excluding tert-OH is 3. The highest BCUT2D eigenvalue weighted by Gasteiger charge is 2.44. The van der Waals surface area contributed by atoms with Crippen LogP contribution in [0.1, 0.15) is 30.4 Å². The summed E-state index contributed by atoms with van der Waals surface area (Å²) in [5.41, 5.74) is 6.91. The fourth-order valence-electron chi connectivity index (χ4n) is 5.85. The fourth-order valence-corrected chi connectivity index (χ4v) is 6.88. The maximum absolute atomic E-state index is 11.4. The van der Waals surface area contributed by atoms with Crippen LogP contribution in [0.15, 0.2) is 48.5 Å². The molecule has 1 amide bonds. The molecule has 0 radical (unpaired) electrons. The lowest BCUT2D eigenvalue weighted by Gasteiger charge is -2.30. The van der Waals surface area contributed by atoms with Crippen molar-refractivity contribution in [3.05, 3.63) is 53.4 Å². The van der Waals surface area contributed by atoms with E-state index in [0.717, 1.165) is 70.6 Å². The first-order chi connectivity index (χ1) is 20.4. The van der Waals surface area contributed by atoms with E-state index in [2.05, 4.69) is 28.4 Å². The highest BCUT2D eigenvalue weighted by molar-refractivity contribution is 7.19. The minimum Gasteiger partial charge on any atom is -0.493 e. The molecule has 42 heavy (non-hydrogen) atoms. The average molecular weight is 596 g/mol. The molecule has 0 spiro atoms. The van der Waals surface area contributed by atoms with Crippen molar-refractivity contribution in [3.63, 3.8) is 0 Å². The number of carbonyl (C=O) groups excluding carboxylic acids is 1. The topological polar surface area (TPSA) is 155 Å². The Hall–Kier alpha value is -3.26. The van der Waals surface area contributed by atoms with Gasteiger partial charge in [-0.15, -0.1) is 11.3 Å². The van der Waals surface area contributed by atoms with Crippen LogP contribution < -0.4 is 15.8 Å². The van der Waals surface area contributed by atoms with Crippen molar-refractivity contribution in [2.24, 2.45) is 11.7 Å². The van der Waals surface area contributed by atoms with Crippen molar-refractivity contribution in [1.82, 2.24) is 14.5 Å². The number of anilines is 1. The molecule has 0 bridgehead atoms. The van der Waals surface area contributed by atoms with E-state index in [-0.39, 0.29) is 11.8 Å². The molecular formula is C30H37N5O6S. The quantitative estimate of drug-likeness (QED) is 0.164. The highest BCUT2D eigenvalue weighted by atomic mass is 32.1. The Morgan fingerprint density at radius 3 is 2.71 bits per heavy atom. The predicted molar refractivity (Wildman–Crippen MR) is 160 cm³/mol. The number of thiophene rings is 1. The summed E-state index contributed by atoms with van der Waals surface area (Å²) < 4.78 is 14.7. The second-order valence-corrected chi connectivity index (χ2v) is 12.2. The summed E-state index contributed by atoms with van der Waals surface area (Å²) in [7, 11) is 0. The number of primary amides is 1. The summed E-state index contributed by atoms with van der Waals surface area (Å²) in [4.78, 5) is 19.5. The Bertz CT molecular complexity index is 1530. The fraction of sp³-hybridized carbons (Fsp3) is 0.467. The minimum atomic E-state index is -1.21. The lowest BCUT2D eigenvalue weighted by Crippen LogP contribution is -2.39. The molecule has 2 aromatic carbocycles. The Labute approximate surface area is 247 Å².